The van der Waals surface area contributed by atoms with Gasteiger partial charge in [0, 0.05) is 42.7 Å². The molecular formula is C23H25N5O. The van der Waals surface area contributed by atoms with Crippen LogP contribution in [0.1, 0.15) is 24.0 Å². The van der Waals surface area contributed by atoms with Gasteiger partial charge in [0.25, 0.3) is 0 Å². The summed E-state index contributed by atoms with van der Waals surface area (Å²) in [7, 11) is 0. The average molecular weight is 387 g/mol. The second-order valence-electron chi connectivity index (χ2n) is 7.65. The number of aromatic nitrogens is 3. The molecule has 148 valence electrons. The zero-order chi connectivity index (χ0) is 20.2. The van der Waals surface area contributed by atoms with Crippen LogP contribution in [0, 0.1) is 19.8 Å². The molecule has 0 saturated carbocycles. The van der Waals surface area contributed by atoms with Crippen LogP contribution >= 0.6 is 0 Å². The van der Waals surface area contributed by atoms with E-state index in [-0.39, 0.29) is 11.8 Å². The lowest BCUT2D eigenvalue weighted by atomic mass is 9.95. The fraction of sp³-hybridized carbons (Fsp3) is 0.304. The topological polar surface area (TPSA) is 71.0 Å². The van der Waals surface area contributed by atoms with Crippen molar-refractivity contribution in [3.05, 3.63) is 66.0 Å². The molecule has 2 aromatic heterocycles. The first-order valence-electron chi connectivity index (χ1n) is 9.97. The van der Waals surface area contributed by atoms with Gasteiger partial charge in [-0.15, -0.1) is 10.2 Å². The number of anilines is 2. The van der Waals surface area contributed by atoms with Crippen molar-refractivity contribution < 1.29 is 4.79 Å². The summed E-state index contributed by atoms with van der Waals surface area (Å²) in [6.45, 7) is 5.68. The van der Waals surface area contributed by atoms with Crippen molar-refractivity contribution in [1.29, 1.82) is 0 Å². The van der Waals surface area contributed by atoms with Crippen LogP contribution < -0.4 is 10.2 Å². The van der Waals surface area contributed by atoms with Crippen LogP contribution in [-0.2, 0) is 4.79 Å². The molecule has 1 aromatic carbocycles. The zero-order valence-corrected chi connectivity index (χ0v) is 16.8. The van der Waals surface area contributed by atoms with E-state index in [4.69, 9.17) is 0 Å². The van der Waals surface area contributed by atoms with Crippen LogP contribution in [0.25, 0.3) is 11.3 Å². The Kier molecular flexibility index (Phi) is 5.51. The third-order valence-electron chi connectivity index (χ3n) is 5.29. The Hall–Kier alpha value is -3.28. The maximum absolute atomic E-state index is 12.7. The predicted octanol–water partition coefficient (Wildman–Crippen LogP) is 4.01. The second-order valence-corrected chi connectivity index (χ2v) is 7.65. The predicted molar refractivity (Wildman–Crippen MR) is 115 cm³/mol. The van der Waals surface area contributed by atoms with E-state index < -0.39 is 0 Å². The Balaban J connectivity index is 1.35. The fourth-order valence-electron chi connectivity index (χ4n) is 3.82. The summed E-state index contributed by atoms with van der Waals surface area (Å²) in [6.07, 6.45) is 5.14. The SMILES string of the molecule is Cc1cc(C)cc(NC(=O)C2CCN(c3ccc(-c4cccnc4)nn3)CC2)c1. The molecule has 6 heteroatoms. The van der Waals surface area contributed by atoms with Crippen molar-refractivity contribution in [1.82, 2.24) is 15.2 Å². The Bertz CT molecular complexity index is 960. The molecule has 1 aliphatic heterocycles. The van der Waals surface area contributed by atoms with Gasteiger partial charge in [0.1, 0.15) is 0 Å². The van der Waals surface area contributed by atoms with Gasteiger partial charge in [-0.05, 0) is 74.2 Å². The van der Waals surface area contributed by atoms with E-state index in [0.717, 1.165) is 59.8 Å². The highest BCUT2D eigenvalue weighted by Gasteiger charge is 2.26. The maximum atomic E-state index is 12.7. The number of rotatable bonds is 4. The Labute approximate surface area is 171 Å². The molecule has 0 atom stereocenters. The highest BCUT2D eigenvalue weighted by atomic mass is 16.1. The highest BCUT2D eigenvalue weighted by molar-refractivity contribution is 5.92. The van der Waals surface area contributed by atoms with Gasteiger partial charge in [-0.3, -0.25) is 9.78 Å². The molecule has 6 nitrogen and oxygen atoms in total. The zero-order valence-electron chi connectivity index (χ0n) is 16.8. The molecule has 1 saturated heterocycles. The fourth-order valence-corrected chi connectivity index (χ4v) is 3.82. The maximum Gasteiger partial charge on any atom is 0.227 e. The molecule has 4 rings (SSSR count). The Morgan fingerprint density at radius 3 is 2.41 bits per heavy atom. The van der Waals surface area contributed by atoms with Crippen LogP contribution in [0.4, 0.5) is 11.5 Å². The molecule has 0 radical (unpaired) electrons. The van der Waals surface area contributed by atoms with Gasteiger partial charge >= 0.3 is 0 Å². The van der Waals surface area contributed by atoms with Gasteiger partial charge in [0.05, 0.1) is 5.69 Å². The smallest absolute Gasteiger partial charge is 0.227 e. The molecule has 29 heavy (non-hydrogen) atoms. The standard InChI is InChI=1S/C23H25N5O/c1-16-12-17(2)14-20(13-16)25-23(29)18-7-10-28(11-8-18)22-6-5-21(26-27-22)19-4-3-9-24-15-19/h3-6,9,12-15,18H,7-8,10-11H2,1-2H3,(H,25,29). The lowest BCUT2D eigenvalue weighted by Crippen LogP contribution is -2.38. The van der Waals surface area contributed by atoms with Crippen LogP contribution in [0.15, 0.2) is 54.9 Å². The number of benzene rings is 1. The highest BCUT2D eigenvalue weighted by Crippen LogP contribution is 2.24. The molecule has 1 fully saturated rings. The van der Waals surface area contributed by atoms with Crippen LogP contribution in [-0.4, -0.2) is 34.2 Å². The number of nitrogens with zero attached hydrogens (tertiary/aromatic N) is 4. The summed E-state index contributed by atoms with van der Waals surface area (Å²) in [6, 6.07) is 14.0. The Morgan fingerprint density at radius 2 is 1.79 bits per heavy atom. The molecular weight excluding hydrogens is 362 g/mol. The molecule has 3 aromatic rings. The summed E-state index contributed by atoms with van der Waals surface area (Å²) < 4.78 is 0. The van der Waals surface area contributed by atoms with E-state index in [0.29, 0.717) is 0 Å². The molecule has 0 bridgehead atoms. The summed E-state index contributed by atoms with van der Waals surface area (Å²) >= 11 is 0. The van der Waals surface area contributed by atoms with Gasteiger partial charge in [-0.25, -0.2) is 0 Å². The first kappa shape index (κ1) is 19.1. The molecule has 1 aliphatic rings. The number of carbonyl (C=O) groups is 1. The first-order valence-corrected chi connectivity index (χ1v) is 9.97. The van der Waals surface area contributed by atoms with Gasteiger partial charge in [0.2, 0.25) is 5.91 Å². The number of hydrogen-bond acceptors (Lipinski definition) is 5. The van der Waals surface area contributed by atoms with Crippen molar-refractivity contribution in [2.24, 2.45) is 5.92 Å². The van der Waals surface area contributed by atoms with Gasteiger partial charge < -0.3 is 10.2 Å². The third-order valence-corrected chi connectivity index (χ3v) is 5.29. The van der Waals surface area contributed by atoms with Crippen molar-refractivity contribution >= 4 is 17.4 Å². The van der Waals surface area contributed by atoms with E-state index in [2.05, 4.69) is 31.5 Å². The second kappa shape index (κ2) is 8.39. The van der Waals surface area contributed by atoms with E-state index in [1.165, 1.54) is 0 Å². The van der Waals surface area contributed by atoms with Gasteiger partial charge in [0.15, 0.2) is 5.82 Å². The number of nitrogens with one attached hydrogen (secondary N) is 1. The van der Waals surface area contributed by atoms with Crippen molar-refractivity contribution in [3.63, 3.8) is 0 Å². The summed E-state index contributed by atoms with van der Waals surface area (Å²) in [4.78, 5) is 19.0. The molecule has 3 heterocycles. The number of amides is 1. The van der Waals surface area contributed by atoms with E-state index >= 15 is 0 Å². The number of hydrogen-bond donors (Lipinski definition) is 1. The lowest BCUT2D eigenvalue weighted by molar-refractivity contribution is -0.120. The quantitative estimate of drug-likeness (QED) is 0.732. The Morgan fingerprint density at radius 1 is 1.03 bits per heavy atom. The third kappa shape index (κ3) is 4.59. The van der Waals surface area contributed by atoms with E-state index in [9.17, 15) is 4.79 Å². The van der Waals surface area contributed by atoms with Gasteiger partial charge in [-0.2, -0.15) is 0 Å². The van der Waals surface area contributed by atoms with E-state index in [1.807, 2.05) is 50.2 Å². The van der Waals surface area contributed by atoms with Crippen LogP contribution in [0.5, 0.6) is 0 Å². The minimum absolute atomic E-state index is 0.0229. The molecule has 1 amide bonds. The normalized spacial score (nSPS) is 14.6. The van der Waals surface area contributed by atoms with Crippen molar-refractivity contribution in [2.75, 3.05) is 23.3 Å². The number of piperidine rings is 1. The van der Waals surface area contributed by atoms with Gasteiger partial charge in [-0.1, -0.05) is 6.07 Å². The number of aryl methyl sites for hydroxylation is 2. The molecule has 1 N–H and O–H groups in total. The summed E-state index contributed by atoms with van der Waals surface area (Å²) in [5, 5.41) is 11.8. The lowest BCUT2D eigenvalue weighted by Gasteiger charge is -2.31. The molecule has 0 aliphatic carbocycles. The van der Waals surface area contributed by atoms with Crippen LogP contribution in [0.2, 0.25) is 0 Å². The van der Waals surface area contributed by atoms with Crippen molar-refractivity contribution in [2.45, 2.75) is 26.7 Å². The molecule has 0 spiro atoms. The summed E-state index contributed by atoms with van der Waals surface area (Å²) in [5.41, 5.74) is 4.96. The molecule has 0 unspecified atom stereocenters. The monoisotopic (exact) mass is 387 g/mol. The summed E-state index contributed by atoms with van der Waals surface area (Å²) in [5.74, 6) is 0.980. The minimum Gasteiger partial charge on any atom is -0.355 e. The van der Waals surface area contributed by atoms with Crippen molar-refractivity contribution in [3.8, 4) is 11.3 Å². The minimum atomic E-state index is 0.0229. The largest absolute Gasteiger partial charge is 0.355 e. The average Bonchev–Trinajstić information content (AvgIpc) is 2.74. The number of pyridine rings is 1. The first-order chi connectivity index (χ1) is 14.1. The number of carbonyl (C=O) groups excluding carboxylic acids is 1. The van der Waals surface area contributed by atoms with E-state index in [1.54, 1.807) is 12.4 Å². The van der Waals surface area contributed by atoms with Crippen LogP contribution in [0.3, 0.4) is 0 Å².